The van der Waals surface area contributed by atoms with E-state index in [1.807, 2.05) is 0 Å². The molecule has 2 aliphatic rings. The van der Waals surface area contributed by atoms with Gasteiger partial charge in [-0.25, -0.2) is 9.59 Å². The van der Waals surface area contributed by atoms with Crippen LogP contribution >= 0.6 is 0 Å². The third-order valence-electron chi connectivity index (χ3n) is 9.31. The summed E-state index contributed by atoms with van der Waals surface area (Å²) in [7, 11) is 1.13. The first kappa shape index (κ1) is 42.2. The molecule has 0 radical (unpaired) electrons. The minimum Gasteiger partial charge on any atom is -0.504 e. The summed E-state index contributed by atoms with van der Waals surface area (Å²) >= 11 is 0. The largest absolute Gasteiger partial charge is 0.504 e. The van der Waals surface area contributed by atoms with E-state index in [0.717, 1.165) is 55.7 Å². The maximum Gasteiger partial charge on any atom is 0.335 e. The first-order valence-corrected chi connectivity index (χ1v) is 17.2. The van der Waals surface area contributed by atoms with E-state index < -0.39 is 142 Å². The van der Waals surface area contributed by atoms with Gasteiger partial charge in [0.25, 0.3) is 0 Å². The van der Waals surface area contributed by atoms with Crippen molar-refractivity contribution >= 4 is 29.0 Å². The summed E-state index contributed by atoms with van der Waals surface area (Å²) in [5.41, 5.74) is -1.65. The van der Waals surface area contributed by atoms with Crippen molar-refractivity contribution in [1.29, 1.82) is 0 Å². The maximum absolute atomic E-state index is 13.9. The van der Waals surface area contributed by atoms with Crippen LogP contribution < -0.4 is 14.9 Å². The highest BCUT2D eigenvalue weighted by atomic mass is 16.8. The predicted molar refractivity (Wildman–Crippen MR) is 191 cm³/mol. The van der Waals surface area contributed by atoms with Gasteiger partial charge in [-0.3, -0.25) is 4.79 Å². The monoisotopic (exact) mass is 832 g/mol. The summed E-state index contributed by atoms with van der Waals surface area (Å²) in [6.07, 6.45) is -19.3. The Hall–Kier alpha value is -6.37. The molecule has 0 aliphatic carbocycles. The van der Waals surface area contributed by atoms with Gasteiger partial charge < -0.3 is 94.1 Å². The molecule has 0 saturated carbocycles. The van der Waals surface area contributed by atoms with E-state index in [4.69, 9.17) is 32.8 Å². The number of aliphatic hydroxyl groups excluding tert-OH is 5. The van der Waals surface area contributed by atoms with E-state index in [9.17, 15) is 75.7 Å². The smallest absolute Gasteiger partial charge is 0.335 e. The van der Waals surface area contributed by atoms with Gasteiger partial charge in [-0.15, -0.1) is 0 Å². The van der Waals surface area contributed by atoms with E-state index in [1.165, 1.54) is 6.07 Å². The fourth-order valence-electron chi connectivity index (χ4n) is 6.23. The highest BCUT2D eigenvalue weighted by molar-refractivity contribution is 5.91. The number of benzene rings is 3. The molecule has 6 rings (SSSR count). The van der Waals surface area contributed by atoms with Gasteiger partial charge in [0.2, 0.25) is 23.2 Å². The van der Waals surface area contributed by atoms with Crippen molar-refractivity contribution in [2.75, 3.05) is 13.7 Å². The highest BCUT2D eigenvalue weighted by Crippen LogP contribution is 2.44. The highest BCUT2D eigenvalue weighted by Gasteiger charge is 2.54. The molecule has 2 fully saturated rings. The molecular formula is C37H36O22. The zero-order chi connectivity index (χ0) is 43.0. The number of carbonyl (C=O) groups excluding carboxylic acids is 1. The van der Waals surface area contributed by atoms with Crippen molar-refractivity contribution in [2.45, 2.75) is 61.4 Å². The van der Waals surface area contributed by atoms with Crippen molar-refractivity contribution in [3.63, 3.8) is 0 Å². The number of esters is 1. The zero-order valence-corrected chi connectivity index (χ0v) is 30.1. The normalized spacial score (nSPS) is 27.1. The minimum atomic E-state index is -2.36. The molecule has 59 heavy (non-hydrogen) atoms. The van der Waals surface area contributed by atoms with Crippen LogP contribution in [0.3, 0.4) is 0 Å². The number of carboxylic acids is 1. The second-order valence-corrected chi connectivity index (χ2v) is 13.1. The fraction of sp³-hybridized carbons (Fsp3) is 0.324. The van der Waals surface area contributed by atoms with Crippen LogP contribution in [0.1, 0.15) is 5.56 Å². The standard InChI is InChI=1S/C37H36O22/c1-53-19-10-18-22(25(46)23(19)44)26(47)31(30(54-18)13-4-6-15(40)17(42)9-13)57-36-29(50)28(49)32(34(59-36)35(51)52)58-37-33(27(48)24(45)20(11-38)55-37)56-21(43)7-3-12-2-5-14(39)16(41)8-12/h2-10,20,24,27-29,32-34,36-42,44-46,48-50H,11H2,1H3,(H,51,52)/b7-3-/t20-,24+,27-,28+,29+,32-,33+,34+,36+,37-/m0/s1. The van der Waals surface area contributed by atoms with Crippen LogP contribution in [0, 0.1) is 0 Å². The Morgan fingerprint density at radius 3 is 2.07 bits per heavy atom. The van der Waals surface area contributed by atoms with E-state index in [0.29, 0.717) is 0 Å². The van der Waals surface area contributed by atoms with E-state index in [-0.39, 0.29) is 16.9 Å². The average molecular weight is 833 g/mol. The zero-order valence-electron chi connectivity index (χ0n) is 30.1. The van der Waals surface area contributed by atoms with Crippen LogP contribution in [-0.4, -0.2) is 148 Å². The number of fused-ring (bicyclic) bond motifs is 1. The molecule has 4 aromatic rings. The minimum absolute atomic E-state index is 0.173. The molecule has 2 saturated heterocycles. The lowest BCUT2D eigenvalue weighted by atomic mass is 9.96. The number of rotatable bonds is 11. The molecule has 3 heterocycles. The van der Waals surface area contributed by atoms with Crippen LogP contribution in [-0.2, 0) is 28.5 Å². The van der Waals surface area contributed by atoms with Gasteiger partial charge in [0, 0.05) is 17.7 Å². The lowest BCUT2D eigenvalue weighted by Gasteiger charge is -2.45. The lowest BCUT2D eigenvalue weighted by Crippen LogP contribution is -2.66. The Morgan fingerprint density at radius 1 is 0.780 bits per heavy atom. The van der Waals surface area contributed by atoms with Crippen LogP contribution in [0.2, 0.25) is 0 Å². The van der Waals surface area contributed by atoms with E-state index in [2.05, 4.69) is 0 Å². The van der Waals surface area contributed by atoms with Gasteiger partial charge >= 0.3 is 11.9 Å². The predicted octanol–water partition coefficient (Wildman–Crippen LogP) is -0.938. The first-order valence-electron chi connectivity index (χ1n) is 17.2. The average Bonchev–Trinajstić information content (AvgIpc) is 3.20. The van der Waals surface area contributed by atoms with Gasteiger partial charge in [0.1, 0.15) is 47.6 Å². The number of ether oxygens (including phenoxy) is 6. The van der Waals surface area contributed by atoms with E-state index in [1.54, 1.807) is 0 Å². The molecule has 3 aromatic carbocycles. The quantitative estimate of drug-likeness (QED) is 0.0493. The summed E-state index contributed by atoms with van der Waals surface area (Å²) in [6, 6.07) is 7.62. The molecule has 316 valence electrons. The number of aliphatic hydroxyl groups is 5. The molecule has 0 spiro atoms. The number of carboxylic acid groups (broad SMARTS) is 1. The molecule has 0 unspecified atom stereocenters. The number of hydrogen-bond donors (Lipinski definition) is 12. The number of hydrogen-bond acceptors (Lipinski definition) is 21. The van der Waals surface area contributed by atoms with Gasteiger partial charge in [-0.05, 0) is 42.0 Å². The number of phenolic OH excluding ortho intramolecular Hbond substituents is 6. The molecular weight excluding hydrogens is 796 g/mol. The molecule has 0 bridgehead atoms. The second kappa shape index (κ2) is 16.8. The second-order valence-electron chi connectivity index (χ2n) is 13.1. The van der Waals surface area contributed by atoms with Crippen molar-refractivity contribution in [1.82, 2.24) is 0 Å². The number of carbonyl (C=O) groups is 2. The Morgan fingerprint density at radius 2 is 1.44 bits per heavy atom. The number of methoxy groups -OCH3 is 1. The molecule has 22 heteroatoms. The number of phenols is 6. The Kier molecular flexibility index (Phi) is 12.1. The van der Waals surface area contributed by atoms with Crippen LogP contribution in [0.15, 0.2) is 57.8 Å². The van der Waals surface area contributed by atoms with Crippen molar-refractivity contribution in [3.05, 3.63) is 64.3 Å². The Bertz CT molecular complexity index is 2320. The Labute approximate surface area is 329 Å². The van der Waals surface area contributed by atoms with Gasteiger partial charge in [0.15, 0.2) is 58.8 Å². The van der Waals surface area contributed by atoms with Gasteiger partial charge in [-0.1, -0.05) is 6.07 Å². The summed E-state index contributed by atoms with van der Waals surface area (Å²) in [5, 5.41) is 124. The first-order chi connectivity index (χ1) is 27.9. The molecule has 0 amide bonds. The van der Waals surface area contributed by atoms with Crippen LogP contribution in [0.4, 0.5) is 0 Å². The van der Waals surface area contributed by atoms with Crippen LogP contribution in [0.5, 0.6) is 46.0 Å². The van der Waals surface area contributed by atoms with Crippen molar-refractivity contribution in [3.8, 4) is 57.3 Å². The number of aromatic hydroxyl groups is 6. The van der Waals surface area contributed by atoms with Crippen molar-refractivity contribution in [2.24, 2.45) is 0 Å². The summed E-state index contributed by atoms with van der Waals surface area (Å²) in [5.74, 6) is -9.16. The number of aliphatic carboxylic acids is 1. The molecule has 12 N–H and O–H groups in total. The fourth-order valence-corrected chi connectivity index (χ4v) is 6.23. The SMILES string of the molecule is COc1cc2oc(-c3ccc(O)c(O)c3)c(O[C@@H]3O[C@@H](C(=O)O)[C@@H](O[C@@H]4O[C@@H](CO)[C@@H](O)[C@H](O)[C@H]4OC(=O)/C=C\c4ccc(O)c(O)c4)[C@H](O)[C@H]3O)c(=O)c2c(O)c1O. The lowest BCUT2D eigenvalue weighted by molar-refractivity contribution is -0.348. The third-order valence-corrected chi connectivity index (χ3v) is 9.31. The summed E-state index contributed by atoms with van der Waals surface area (Å²) in [4.78, 5) is 39.4. The molecule has 22 nitrogen and oxygen atoms in total. The topological polar surface area (TPSA) is 362 Å². The third kappa shape index (κ3) is 8.19. The molecule has 10 atom stereocenters. The molecule has 2 aliphatic heterocycles. The summed E-state index contributed by atoms with van der Waals surface area (Å²) < 4.78 is 38.3. The summed E-state index contributed by atoms with van der Waals surface area (Å²) in [6.45, 7) is -0.955. The maximum atomic E-state index is 13.9. The van der Waals surface area contributed by atoms with Gasteiger partial charge in [0.05, 0.1) is 13.7 Å². The van der Waals surface area contributed by atoms with Crippen molar-refractivity contribution < 1.29 is 104 Å². The molecule has 1 aromatic heterocycles. The van der Waals surface area contributed by atoms with Gasteiger partial charge in [-0.2, -0.15) is 0 Å². The van der Waals surface area contributed by atoms with Crippen LogP contribution in [0.25, 0.3) is 28.4 Å². The van der Waals surface area contributed by atoms with E-state index >= 15 is 0 Å². The Balaban J connectivity index is 1.32.